The number of aliphatic imine (C=N–C) groups is 1. The smallest absolute Gasteiger partial charge is 0.221 e. The third-order valence-corrected chi connectivity index (χ3v) is 3.73. The Morgan fingerprint density at radius 3 is 2.70 bits per heavy atom. The number of β-amino-alcohol motifs (C(OH)–C–C–N with tert-alkyl or cyclic N) is 1. The monoisotopic (exact) mass is 318 g/mol. The molecule has 1 aliphatic heterocycles. The second-order valence-electron chi connectivity index (χ2n) is 5.75. The van der Waals surface area contributed by atoms with E-state index in [0.717, 1.165) is 37.6 Å². The predicted octanol–water partition coefficient (Wildman–Crippen LogP) is 1.22. The summed E-state index contributed by atoms with van der Waals surface area (Å²) in [7, 11) is 0. The Bertz CT molecular complexity index is 542. The van der Waals surface area contributed by atoms with E-state index in [-0.39, 0.29) is 12.0 Å². The standard InChI is InChI=1S/C17H26N4O2/c1-3-18-17(21-11-9-16(23)12-21)19-10-8-14-4-6-15(7-5-14)20-13(2)22/h4-7,16,23H,3,8-12H2,1-2H3,(H,18,19)(H,20,22)/t16-/m1/s1. The van der Waals surface area contributed by atoms with Crippen LogP contribution in [0.5, 0.6) is 0 Å². The third-order valence-electron chi connectivity index (χ3n) is 3.73. The molecule has 1 heterocycles. The van der Waals surface area contributed by atoms with Gasteiger partial charge in [-0.1, -0.05) is 12.1 Å². The number of anilines is 1. The minimum atomic E-state index is -0.250. The summed E-state index contributed by atoms with van der Waals surface area (Å²) in [6, 6.07) is 7.83. The van der Waals surface area contributed by atoms with Crippen LogP contribution in [0.2, 0.25) is 0 Å². The van der Waals surface area contributed by atoms with Crippen molar-refractivity contribution in [2.24, 2.45) is 4.99 Å². The molecule has 23 heavy (non-hydrogen) atoms. The van der Waals surface area contributed by atoms with Crippen molar-refractivity contribution in [3.63, 3.8) is 0 Å². The molecule has 1 amide bonds. The van der Waals surface area contributed by atoms with Crippen molar-refractivity contribution in [2.45, 2.75) is 32.8 Å². The summed E-state index contributed by atoms with van der Waals surface area (Å²) in [6.07, 6.45) is 1.39. The first-order valence-electron chi connectivity index (χ1n) is 8.16. The van der Waals surface area contributed by atoms with Crippen molar-refractivity contribution < 1.29 is 9.90 Å². The van der Waals surface area contributed by atoms with Gasteiger partial charge in [-0.2, -0.15) is 0 Å². The average molecular weight is 318 g/mol. The first-order valence-corrected chi connectivity index (χ1v) is 8.16. The van der Waals surface area contributed by atoms with Crippen LogP contribution in [-0.2, 0) is 11.2 Å². The lowest BCUT2D eigenvalue weighted by Crippen LogP contribution is -2.40. The molecule has 3 N–H and O–H groups in total. The molecule has 1 fully saturated rings. The van der Waals surface area contributed by atoms with Crippen LogP contribution in [0.25, 0.3) is 0 Å². The number of nitrogens with zero attached hydrogens (tertiary/aromatic N) is 2. The van der Waals surface area contributed by atoms with Crippen molar-refractivity contribution in [1.29, 1.82) is 0 Å². The molecule has 0 radical (unpaired) electrons. The maximum atomic E-state index is 11.0. The number of benzene rings is 1. The molecule has 0 unspecified atom stereocenters. The number of aliphatic hydroxyl groups is 1. The molecule has 0 spiro atoms. The Morgan fingerprint density at radius 1 is 1.39 bits per heavy atom. The van der Waals surface area contributed by atoms with Crippen molar-refractivity contribution in [3.8, 4) is 0 Å². The Hall–Kier alpha value is -2.08. The number of aliphatic hydroxyl groups excluding tert-OH is 1. The molecule has 1 aromatic carbocycles. The molecule has 1 aliphatic rings. The van der Waals surface area contributed by atoms with Gasteiger partial charge in [0.1, 0.15) is 0 Å². The quantitative estimate of drug-likeness (QED) is 0.563. The highest BCUT2D eigenvalue weighted by Gasteiger charge is 2.22. The zero-order valence-corrected chi connectivity index (χ0v) is 13.9. The molecule has 1 aromatic rings. The highest BCUT2D eigenvalue weighted by Crippen LogP contribution is 2.11. The molecule has 0 aromatic heterocycles. The van der Waals surface area contributed by atoms with Crippen LogP contribution in [0, 0.1) is 0 Å². The van der Waals surface area contributed by atoms with Gasteiger partial charge in [0.25, 0.3) is 0 Å². The molecule has 1 saturated heterocycles. The van der Waals surface area contributed by atoms with Gasteiger partial charge in [-0.25, -0.2) is 0 Å². The molecule has 126 valence electrons. The number of likely N-dealkylation sites (tertiary alicyclic amines) is 1. The Balaban J connectivity index is 1.88. The number of guanidine groups is 1. The van der Waals surface area contributed by atoms with Crippen molar-refractivity contribution in [3.05, 3.63) is 29.8 Å². The normalized spacial score (nSPS) is 18.1. The van der Waals surface area contributed by atoms with E-state index in [0.29, 0.717) is 13.1 Å². The maximum Gasteiger partial charge on any atom is 0.221 e. The number of carbonyl (C=O) groups is 1. The van der Waals surface area contributed by atoms with Crippen LogP contribution in [0.15, 0.2) is 29.3 Å². The van der Waals surface area contributed by atoms with Crippen LogP contribution < -0.4 is 10.6 Å². The molecular formula is C17H26N4O2. The maximum absolute atomic E-state index is 11.0. The van der Waals surface area contributed by atoms with Gasteiger partial charge in [0.2, 0.25) is 5.91 Å². The van der Waals surface area contributed by atoms with E-state index >= 15 is 0 Å². The van der Waals surface area contributed by atoms with Crippen LogP contribution in [0.1, 0.15) is 25.8 Å². The zero-order valence-electron chi connectivity index (χ0n) is 13.9. The van der Waals surface area contributed by atoms with Gasteiger partial charge in [-0.3, -0.25) is 9.79 Å². The van der Waals surface area contributed by atoms with Crippen LogP contribution in [-0.4, -0.2) is 54.2 Å². The Labute approximate surface area is 137 Å². The molecular weight excluding hydrogens is 292 g/mol. The van der Waals surface area contributed by atoms with Gasteiger partial charge < -0.3 is 20.6 Å². The van der Waals surface area contributed by atoms with E-state index in [1.807, 2.05) is 31.2 Å². The second kappa shape index (κ2) is 8.53. The Kier molecular flexibility index (Phi) is 6.40. The van der Waals surface area contributed by atoms with Gasteiger partial charge in [0, 0.05) is 38.8 Å². The lowest BCUT2D eigenvalue weighted by molar-refractivity contribution is -0.114. The van der Waals surface area contributed by atoms with E-state index in [2.05, 4.69) is 20.5 Å². The first kappa shape index (κ1) is 17.3. The highest BCUT2D eigenvalue weighted by molar-refractivity contribution is 5.88. The van der Waals surface area contributed by atoms with Gasteiger partial charge in [0.15, 0.2) is 5.96 Å². The fourth-order valence-electron chi connectivity index (χ4n) is 2.61. The minimum Gasteiger partial charge on any atom is -0.391 e. The average Bonchev–Trinajstić information content (AvgIpc) is 2.94. The summed E-state index contributed by atoms with van der Waals surface area (Å²) in [5.41, 5.74) is 1.99. The fraction of sp³-hybridized carbons (Fsp3) is 0.529. The SMILES string of the molecule is CCNC(=NCCc1ccc(NC(C)=O)cc1)N1CC[C@@H](O)C1. The van der Waals surface area contributed by atoms with E-state index in [1.54, 1.807) is 0 Å². The summed E-state index contributed by atoms with van der Waals surface area (Å²) in [5.74, 6) is 0.810. The number of nitrogens with one attached hydrogen (secondary N) is 2. The van der Waals surface area contributed by atoms with Crippen molar-refractivity contribution in [1.82, 2.24) is 10.2 Å². The molecule has 0 bridgehead atoms. The molecule has 1 atom stereocenters. The van der Waals surface area contributed by atoms with Crippen molar-refractivity contribution in [2.75, 3.05) is 31.5 Å². The number of amides is 1. The molecule has 0 aliphatic carbocycles. The second-order valence-corrected chi connectivity index (χ2v) is 5.75. The van der Waals surface area contributed by atoms with Gasteiger partial charge in [-0.05, 0) is 37.5 Å². The molecule has 6 nitrogen and oxygen atoms in total. The van der Waals surface area contributed by atoms with Crippen molar-refractivity contribution >= 4 is 17.6 Å². The topological polar surface area (TPSA) is 77.0 Å². The number of carbonyl (C=O) groups excluding carboxylic acids is 1. The summed E-state index contributed by atoms with van der Waals surface area (Å²) < 4.78 is 0. The number of rotatable bonds is 5. The van der Waals surface area contributed by atoms with E-state index < -0.39 is 0 Å². The summed E-state index contributed by atoms with van der Waals surface area (Å²) in [5, 5.41) is 15.7. The van der Waals surface area contributed by atoms with E-state index in [4.69, 9.17) is 0 Å². The fourth-order valence-corrected chi connectivity index (χ4v) is 2.61. The number of hydrogen-bond donors (Lipinski definition) is 3. The predicted molar refractivity (Wildman–Crippen MR) is 92.6 cm³/mol. The lowest BCUT2D eigenvalue weighted by atomic mass is 10.1. The van der Waals surface area contributed by atoms with Gasteiger partial charge in [-0.15, -0.1) is 0 Å². The van der Waals surface area contributed by atoms with Gasteiger partial charge in [0.05, 0.1) is 6.10 Å². The summed E-state index contributed by atoms with van der Waals surface area (Å²) >= 11 is 0. The highest BCUT2D eigenvalue weighted by atomic mass is 16.3. The third kappa shape index (κ3) is 5.56. The number of hydrogen-bond acceptors (Lipinski definition) is 3. The van der Waals surface area contributed by atoms with E-state index in [9.17, 15) is 9.90 Å². The molecule has 0 saturated carbocycles. The van der Waals surface area contributed by atoms with E-state index in [1.165, 1.54) is 12.5 Å². The lowest BCUT2D eigenvalue weighted by Gasteiger charge is -2.20. The zero-order chi connectivity index (χ0) is 16.7. The minimum absolute atomic E-state index is 0.0644. The molecule has 6 heteroatoms. The summed E-state index contributed by atoms with van der Waals surface area (Å²) in [6.45, 7) is 6.55. The summed E-state index contributed by atoms with van der Waals surface area (Å²) in [4.78, 5) is 17.7. The first-order chi connectivity index (χ1) is 11.1. The van der Waals surface area contributed by atoms with Crippen LogP contribution >= 0.6 is 0 Å². The van der Waals surface area contributed by atoms with Gasteiger partial charge >= 0.3 is 0 Å². The largest absolute Gasteiger partial charge is 0.391 e. The van der Waals surface area contributed by atoms with Crippen LogP contribution in [0.4, 0.5) is 5.69 Å². The molecule has 2 rings (SSSR count). The van der Waals surface area contributed by atoms with Crippen LogP contribution in [0.3, 0.4) is 0 Å². The Morgan fingerprint density at radius 2 is 2.13 bits per heavy atom.